The largest absolute Gasteiger partial charge is 0.489 e. The number of carbonyl (C=O) groups is 1. The molecule has 0 atom stereocenters. The number of amides is 1. The number of nitrogens with zero attached hydrogens (tertiary/aromatic N) is 3. The number of nitrogens with one attached hydrogen (secondary N) is 1. The van der Waals surface area contributed by atoms with Crippen LogP contribution >= 0.6 is 11.6 Å². The van der Waals surface area contributed by atoms with Crippen LogP contribution < -0.4 is 10.1 Å². The molecule has 30 heavy (non-hydrogen) atoms. The van der Waals surface area contributed by atoms with Crippen LogP contribution in [0, 0.1) is 5.41 Å². The van der Waals surface area contributed by atoms with Gasteiger partial charge in [-0.2, -0.15) is 5.10 Å². The topological polar surface area (TPSA) is 59.4 Å². The van der Waals surface area contributed by atoms with Crippen molar-refractivity contribution in [1.82, 2.24) is 20.0 Å². The van der Waals surface area contributed by atoms with Crippen LogP contribution in [0.2, 0.25) is 5.02 Å². The molecule has 1 saturated heterocycles. The van der Waals surface area contributed by atoms with E-state index < -0.39 is 0 Å². The van der Waals surface area contributed by atoms with Crippen molar-refractivity contribution < 1.29 is 9.53 Å². The lowest BCUT2D eigenvalue weighted by atomic mass is 9.94. The van der Waals surface area contributed by atoms with E-state index >= 15 is 0 Å². The molecule has 1 aliphatic rings. The van der Waals surface area contributed by atoms with Crippen molar-refractivity contribution in [3.05, 3.63) is 46.7 Å². The van der Waals surface area contributed by atoms with Gasteiger partial charge in [0.05, 0.1) is 11.2 Å². The molecule has 164 valence electrons. The van der Waals surface area contributed by atoms with Gasteiger partial charge in [0, 0.05) is 45.0 Å². The number of hydrogen-bond donors (Lipinski definition) is 1. The SMILES string of the molecule is Cn1cc(CCNC(=O)c2ccc(OC3CCN(CC(C)(C)C)CC3)c(Cl)c2)cn1. The highest BCUT2D eigenvalue weighted by Crippen LogP contribution is 2.29. The molecule has 1 N–H and O–H groups in total. The van der Waals surface area contributed by atoms with Crippen LogP contribution in [0.3, 0.4) is 0 Å². The Labute approximate surface area is 184 Å². The first-order chi connectivity index (χ1) is 14.2. The number of likely N-dealkylation sites (tertiary alicyclic amines) is 1. The van der Waals surface area contributed by atoms with E-state index in [2.05, 4.69) is 36.1 Å². The molecule has 1 fully saturated rings. The molecule has 0 unspecified atom stereocenters. The summed E-state index contributed by atoms with van der Waals surface area (Å²) >= 11 is 6.41. The number of hydrogen-bond acceptors (Lipinski definition) is 4. The number of rotatable bonds is 7. The second-order valence-corrected chi connectivity index (χ2v) is 9.73. The van der Waals surface area contributed by atoms with Gasteiger partial charge in [-0.15, -0.1) is 0 Å². The first kappa shape index (κ1) is 22.6. The van der Waals surface area contributed by atoms with Crippen molar-refractivity contribution >= 4 is 17.5 Å². The molecule has 0 radical (unpaired) electrons. The van der Waals surface area contributed by atoms with Crippen LogP contribution in [0.15, 0.2) is 30.6 Å². The van der Waals surface area contributed by atoms with Gasteiger partial charge in [0.2, 0.25) is 0 Å². The highest BCUT2D eigenvalue weighted by Gasteiger charge is 2.24. The molecule has 0 bridgehead atoms. The van der Waals surface area contributed by atoms with Crippen molar-refractivity contribution in [2.24, 2.45) is 12.5 Å². The highest BCUT2D eigenvalue weighted by molar-refractivity contribution is 6.32. The van der Waals surface area contributed by atoms with Crippen LogP contribution in [0.1, 0.15) is 49.5 Å². The zero-order chi connectivity index (χ0) is 21.7. The molecular formula is C23H33ClN4O2. The summed E-state index contributed by atoms with van der Waals surface area (Å²) < 4.78 is 7.90. The molecule has 3 rings (SSSR count). The average molecular weight is 433 g/mol. The minimum atomic E-state index is -0.136. The fraction of sp³-hybridized carbons (Fsp3) is 0.565. The molecule has 2 aromatic rings. The van der Waals surface area contributed by atoms with E-state index in [1.54, 1.807) is 22.9 Å². The zero-order valence-corrected chi connectivity index (χ0v) is 19.2. The smallest absolute Gasteiger partial charge is 0.251 e. The minimum absolute atomic E-state index is 0.136. The van der Waals surface area contributed by atoms with Gasteiger partial charge in [-0.3, -0.25) is 9.48 Å². The Hall–Kier alpha value is -2.05. The van der Waals surface area contributed by atoms with E-state index in [-0.39, 0.29) is 12.0 Å². The Morgan fingerprint density at radius 2 is 2.03 bits per heavy atom. The molecule has 0 aliphatic carbocycles. The predicted octanol–water partition coefficient (Wildman–Crippen LogP) is 3.94. The summed E-state index contributed by atoms with van der Waals surface area (Å²) in [7, 11) is 1.88. The quantitative estimate of drug-likeness (QED) is 0.720. The summed E-state index contributed by atoms with van der Waals surface area (Å²) in [5.74, 6) is 0.515. The standard InChI is InChI=1S/C23H33ClN4O2/c1-23(2,3)16-28-11-8-19(9-12-28)30-21-6-5-18(13-20(21)24)22(29)25-10-7-17-14-26-27(4)15-17/h5-6,13-15,19H,7-12,16H2,1-4H3,(H,25,29). The van der Waals surface area contributed by atoms with Crippen LogP contribution in [0.5, 0.6) is 5.75 Å². The average Bonchev–Trinajstić information content (AvgIpc) is 3.08. The summed E-state index contributed by atoms with van der Waals surface area (Å²) in [6.07, 6.45) is 6.64. The van der Waals surface area contributed by atoms with Gasteiger partial charge in [-0.05, 0) is 48.4 Å². The van der Waals surface area contributed by atoms with E-state index in [4.69, 9.17) is 16.3 Å². The Morgan fingerprint density at radius 3 is 2.63 bits per heavy atom. The van der Waals surface area contributed by atoms with Crippen LogP contribution in [-0.4, -0.2) is 52.9 Å². The lowest BCUT2D eigenvalue weighted by Gasteiger charge is -2.36. The van der Waals surface area contributed by atoms with Crippen molar-refractivity contribution in [3.63, 3.8) is 0 Å². The normalized spacial score (nSPS) is 15.9. The fourth-order valence-electron chi connectivity index (χ4n) is 3.80. The monoisotopic (exact) mass is 432 g/mol. The third-order valence-corrected chi connectivity index (χ3v) is 5.47. The van der Waals surface area contributed by atoms with Gasteiger partial charge in [-0.1, -0.05) is 32.4 Å². The summed E-state index contributed by atoms with van der Waals surface area (Å²) in [6, 6.07) is 5.26. The van der Waals surface area contributed by atoms with Gasteiger partial charge in [0.15, 0.2) is 0 Å². The number of carbonyl (C=O) groups excluding carboxylic acids is 1. The summed E-state index contributed by atoms with van der Waals surface area (Å²) in [4.78, 5) is 14.9. The van der Waals surface area contributed by atoms with Crippen LogP contribution in [0.25, 0.3) is 0 Å². The van der Waals surface area contributed by atoms with Gasteiger partial charge < -0.3 is 15.0 Å². The third kappa shape index (κ3) is 6.74. The molecule has 6 nitrogen and oxygen atoms in total. The lowest BCUT2D eigenvalue weighted by molar-refractivity contribution is 0.0811. The maximum atomic E-state index is 12.4. The summed E-state index contributed by atoms with van der Waals surface area (Å²) in [5, 5.41) is 7.54. The molecule has 7 heteroatoms. The Bertz CT molecular complexity index is 851. The van der Waals surface area contributed by atoms with Gasteiger partial charge in [0.25, 0.3) is 5.91 Å². The lowest BCUT2D eigenvalue weighted by Crippen LogP contribution is -2.42. The maximum Gasteiger partial charge on any atom is 0.251 e. The Morgan fingerprint density at radius 1 is 1.30 bits per heavy atom. The van der Waals surface area contributed by atoms with Crippen LogP contribution in [0.4, 0.5) is 0 Å². The molecule has 0 saturated carbocycles. The molecule has 2 heterocycles. The summed E-state index contributed by atoms with van der Waals surface area (Å²) in [6.45, 7) is 10.5. The second kappa shape index (κ2) is 9.84. The summed E-state index contributed by atoms with van der Waals surface area (Å²) in [5.41, 5.74) is 1.94. The number of aryl methyl sites for hydroxylation is 1. The van der Waals surface area contributed by atoms with Gasteiger partial charge in [0.1, 0.15) is 11.9 Å². The number of ether oxygens (including phenoxy) is 1. The number of aromatic nitrogens is 2. The molecule has 0 spiro atoms. The minimum Gasteiger partial charge on any atom is -0.489 e. The van der Waals surface area contributed by atoms with E-state index in [0.29, 0.717) is 28.3 Å². The number of halogens is 1. The molecule has 1 aromatic heterocycles. The van der Waals surface area contributed by atoms with Crippen molar-refractivity contribution in [3.8, 4) is 5.75 Å². The van der Waals surface area contributed by atoms with E-state index in [9.17, 15) is 4.79 Å². The molecule has 1 aliphatic heterocycles. The fourth-order valence-corrected chi connectivity index (χ4v) is 4.02. The third-order valence-electron chi connectivity index (χ3n) is 5.18. The second-order valence-electron chi connectivity index (χ2n) is 9.33. The predicted molar refractivity (Wildman–Crippen MR) is 120 cm³/mol. The molecular weight excluding hydrogens is 400 g/mol. The first-order valence-electron chi connectivity index (χ1n) is 10.6. The molecule has 1 aromatic carbocycles. The zero-order valence-electron chi connectivity index (χ0n) is 18.4. The number of piperidine rings is 1. The van der Waals surface area contributed by atoms with Crippen LogP contribution in [-0.2, 0) is 13.5 Å². The van der Waals surface area contributed by atoms with E-state index in [1.807, 2.05) is 19.4 Å². The molecule has 1 amide bonds. The first-order valence-corrected chi connectivity index (χ1v) is 11.0. The number of benzene rings is 1. The Kier molecular flexibility index (Phi) is 7.42. The van der Waals surface area contributed by atoms with Gasteiger partial charge >= 0.3 is 0 Å². The highest BCUT2D eigenvalue weighted by atomic mass is 35.5. The Balaban J connectivity index is 1.47. The van der Waals surface area contributed by atoms with Crippen molar-refractivity contribution in [2.45, 2.75) is 46.1 Å². The van der Waals surface area contributed by atoms with Crippen molar-refractivity contribution in [1.29, 1.82) is 0 Å². The maximum absolute atomic E-state index is 12.4. The van der Waals surface area contributed by atoms with E-state index in [1.165, 1.54) is 0 Å². The van der Waals surface area contributed by atoms with Gasteiger partial charge in [-0.25, -0.2) is 0 Å². The van der Waals surface area contributed by atoms with Crippen molar-refractivity contribution in [2.75, 3.05) is 26.2 Å². The van der Waals surface area contributed by atoms with E-state index in [0.717, 1.165) is 44.5 Å².